The SMILES string of the molecule is COc1ccc(CCC(=O)N2C3CCC2CC(n2nccn2)C3)c(OC)c1OC. The predicted molar refractivity (Wildman–Crippen MR) is 106 cm³/mol. The maximum Gasteiger partial charge on any atom is 0.223 e. The molecule has 0 N–H and O–H groups in total. The molecule has 0 aliphatic carbocycles. The lowest BCUT2D eigenvalue weighted by molar-refractivity contribution is -0.136. The van der Waals surface area contributed by atoms with Gasteiger partial charge >= 0.3 is 0 Å². The topological polar surface area (TPSA) is 78.7 Å². The molecule has 8 heteroatoms. The van der Waals surface area contributed by atoms with E-state index in [1.165, 1.54) is 0 Å². The number of aromatic nitrogens is 3. The van der Waals surface area contributed by atoms with Crippen molar-refractivity contribution in [2.24, 2.45) is 0 Å². The monoisotopic (exact) mass is 400 g/mol. The average molecular weight is 400 g/mol. The summed E-state index contributed by atoms with van der Waals surface area (Å²) in [6.07, 6.45) is 8.47. The van der Waals surface area contributed by atoms with Crippen molar-refractivity contribution in [1.82, 2.24) is 19.9 Å². The van der Waals surface area contributed by atoms with Crippen LogP contribution < -0.4 is 14.2 Å². The van der Waals surface area contributed by atoms with Crippen LogP contribution in [0.1, 0.15) is 43.7 Å². The fraction of sp³-hybridized carbons (Fsp3) is 0.571. The molecule has 0 spiro atoms. The molecule has 2 saturated heterocycles. The molecule has 1 aromatic heterocycles. The molecule has 4 rings (SSSR count). The summed E-state index contributed by atoms with van der Waals surface area (Å²) in [5, 5.41) is 8.60. The van der Waals surface area contributed by atoms with Gasteiger partial charge in [-0.1, -0.05) is 6.07 Å². The van der Waals surface area contributed by atoms with E-state index in [2.05, 4.69) is 15.1 Å². The second-order valence-corrected chi connectivity index (χ2v) is 7.65. The van der Waals surface area contributed by atoms with Gasteiger partial charge in [0.1, 0.15) is 0 Å². The first-order valence-electron chi connectivity index (χ1n) is 10.1. The minimum atomic E-state index is 0.209. The summed E-state index contributed by atoms with van der Waals surface area (Å²) in [6.45, 7) is 0. The summed E-state index contributed by atoms with van der Waals surface area (Å²) in [6, 6.07) is 4.65. The summed E-state index contributed by atoms with van der Waals surface area (Å²) in [5.41, 5.74) is 0.946. The standard InChI is InChI=1S/C21H28N4O4/c1-27-18-8-4-14(20(28-2)21(18)29-3)5-9-19(26)24-15-6-7-16(24)13-17(12-15)25-22-10-11-23-25/h4,8,10-11,15-17H,5-7,9,12-13H2,1-3H3. The highest BCUT2D eigenvalue weighted by Gasteiger charge is 2.43. The second-order valence-electron chi connectivity index (χ2n) is 7.65. The van der Waals surface area contributed by atoms with Gasteiger partial charge in [-0.25, -0.2) is 0 Å². The van der Waals surface area contributed by atoms with E-state index in [9.17, 15) is 4.79 Å². The number of aryl methyl sites for hydroxylation is 1. The third kappa shape index (κ3) is 3.63. The Labute approximate surface area is 170 Å². The Morgan fingerprint density at radius 1 is 0.966 bits per heavy atom. The zero-order valence-corrected chi connectivity index (χ0v) is 17.2. The normalized spacial score (nSPS) is 23.1. The number of fused-ring (bicyclic) bond motifs is 2. The Balaban J connectivity index is 1.43. The minimum Gasteiger partial charge on any atom is -0.493 e. The first-order chi connectivity index (χ1) is 14.2. The van der Waals surface area contributed by atoms with E-state index in [0.29, 0.717) is 30.1 Å². The molecule has 8 nitrogen and oxygen atoms in total. The summed E-state index contributed by atoms with van der Waals surface area (Å²) in [4.78, 5) is 17.0. The molecule has 2 aromatic rings. The van der Waals surface area contributed by atoms with Gasteiger partial charge in [0.2, 0.25) is 11.7 Å². The van der Waals surface area contributed by atoms with Gasteiger partial charge in [0.15, 0.2) is 11.5 Å². The van der Waals surface area contributed by atoms with Crippen LogP contribution >= 0.6 is 0 Å². The van der Waals surface area contributed by atoms with Crippen LogP contribution in [0.3, 0.4) is 0 Å². The first-order valence-corrected chi connectivity index (χ1v) is 10.1. The fourth-order valence-electron chi connectivity index (χ4n) is 4.89. The molecule has 2 aliphatic heterocycles. The quantitative estimate of drug-likeness (QED) is 0.711. The molecule has 0 saturated carbocycles. The lowest BCUT2D eigenvalue weighted by Gasteiger charge is -2.38. The molecule has 2 bridgehead atoms. The molecule has 2 aliphatic rings. The van der Waals surface area contributed by atoms with Crippen LogP contribution in [0.25, 0.3) is 0 Å². The number of hydrogen-bond donors (Lipinski definition) is 0. The van der Waals surface area contributed by atoms with Crippen LogP contribution in [0.2, 0.25) is 0 Å². The van der Waals surface area contributed by atoms with Crippen molar-refractivity contribution >= 4 is 5.91 Å². The fourth-order valence-corrected chi connectivity index (χ4v) is 4.89. The molecule has 156 valence electrons. The van der Waals surface area contributed by atoms with Gasteiger partial charge in [-0.3, -0.25) is 4.79 Å². The molecule has 29 heavy (non-hydrogen) atoms. The number of methoxy groups -OCH3 is 3. The van der Waals surface area contributed by atoms with Gasteiger partial charge in [-0.05, 0) is 43.7 Å². The van der Waals surface area contributed by atoms with Crippen LogP contribution in [0.4, 0.5) is 0 Å². The number of amides is 1. The molecule has 2 fully saturated rings. The van der Waals surface area contributed by atoms with Crippen molar-refractivity contribution in [3.05, 3.63) is 30.1 Å². The van der Waals surface area contributed by atoms with Crippen LogP contribution in [0.5, 0.6) is 17.2 Å². The third-order valence-corrected chi connectivity index (χ3v) is 6.15. The largest absolute Gasteiger partial charge is 0.493 e. The number of hydrogen-bond acceptors (Lipinski definition) is 6. The third-order valence-electron chi connectivity index (χ3n) is 6.15. The highest BCUT2D eigenvalue weighted by Crippen LogP contribution is 2.42. The van der Waals surface area contributed by atoms with Crippen LogP contribution in [-0.2, 0) is 11.2 Å². The summed E-state index contributed by atoms with van der Waals surface area (Å²) >= 11 is 0. The maximum absolute atomic E-state index is 13.1. The van der Waals surface area contributed by atoms with Crippen LogP contribution in [0, 0.1) is 0 Å². The Morgan fingerprint density at radius 3 is 2.21 bits per heavy atom. The van der Waals surface area contributed by atoms with Gasteiger partial charge < -0.3 is 19.1 Å². The van der Waals surface area contributed by atoms with E-state index in [0.717, 1.165) is 31.2 Å². The van der Waals surface area contributed by atoms with Gasteiger partial charge in [-0.2, -0.15) is 15.0 Å². The predicted octanol–water partition coefficient (Wildman–Crippen LogP) is 2.63. The average Bonchev–Trinajstić information content (AvgIpc) is 3.37. The number of nitrogens with zero attached hydrogens (tertiary/aromatic N) is 4. The van der Waals surface area contributed by atoms with Gasteiger partial charge in [0.25, 0.3) is 0 Å². The van der Waals surface area contributed by atoms with Gasteiger partial charge in [-0.15, -0.1) is 0 Å². The number of rotatable bonds is 7. The van der Waals surface area contributed by atoms with E-state index in [1.807, 2.05) is 16.9 Å². The molecule has 2 atom stereocenters. The maximum atomic E-state index is 13.1. The number of carbonyl (C=O) groups excluding carboxylic acids is 1. The Morgan fingerprint density at radius 2 is 1.62 bits per heavy atom. The zero-order chi connectivity index (χ0) is 20.4. The molecule has 0 radical (unpaired) electrons. The van der Waals surface area contributed by atoms with Crippen molar-refractivity contribution in [2.45, 2.75) is 56.7 Å². The zero-order valence-electron chi connectivity index (χ0n) is 17.2. The lowest BCUT2D eigenvalue weighted by Crippen LogP contribution is -2.47. The summed E-state index contributed by atoms with van der Waals surface area (Å²) in [5.74, 6) is 2.02. The number of carbonyl (C=O) groups is 1. The smallest absolute Gasteiger partial charge is 0.223 e. The van der Waals surface area contributed by atoms with E-state index < -0.39 is 0 Å². The number of benzene rings is 1. The van der Waals surface area contributed by atoms with E-state index in [1.54, 1.807) is 33.7 Å². The summed E-state index contributed by atoms with van der Waals surface area (Å²) in [7, 11) is 4.79. The van der Waals surface area contributed by atoms with Crippen molar-refractivity contribution in [3.63, 3.8) is 0 Å². The van der Waals surface area contributed by atoms with Crippen molar-refractivity contribution < 1.29 is 19.0 Å². The first kappa shape index (κ1) is 19.5. The minimum absolute atomic E-state index is 0.209. The number of ether oxygens (including phenoxy) is 3. The molecule has 1 amide bonds. The number of piperidine rings is 1. The molecule has 3 heterocycles. The van der Waals surface area contributed by atoms with Crippen molar-refractivity contribution in [2.75, 3.05) is 21.3 Å². The molecular weight excluding hydrogens is 372 g/mol. The van der Waals surface area contributed by atoms with E-state index >= 15 is 0 Å². The molecular formula is C21H28N4O4. The highest BCUT2D eigenvalue weighted by molar-refractivity contribution is 5.78. The van der Waals surface area contributed by atoms with Gasteiger partial charge in [0, 0.05) is 18.5 Å². The lowest BCUT2D eigenvalue weighted by atomic mass is 9.96. The highest BCUT2D eigenvalue weighted by atomic mass is 16.5. The summed E-state index contributed by atoms with van der Waals surface area (Å²) < 4.78 is 16.3. The Hall–Kier alpha value is -2.77. The Kier molecular flexibility index (Phi) is 5.60. The van der Waals surface area contributed by atoms with Gasteiger partial charge in [0.05, 0.1) is 39.8 Å². The van der Waals surface area contributed by atoms with Crippen molar-refractivity contribution in [1.29, 1.82) is 0 Å². The van der Waals surface area contributed by atoms with E-state index in [-0.39, 0.29) is 24.0 Å². The molecule has 2 unspecified atom stereocenters. The Bertz CT molecular complexity index is 841. The van der Waals surface area contributed by atoms with Crippen LogP contribution in [-0.4, -0.2) is 59.2 Å². The second kappa shape index (κ2) is 8.31. The molecule has 1 aromatic carbocycles. The van der Waals surface area contributed by atoms with Crippen LogP contribution in [0.15, 0.2) is 24.5 Å². The van der Waals surface area contributed by atoms with E-state index in [4.69, 9.17) is 14.2 Å². The van der Waals surface area contributed by atoms with Crippen molar-refractivity contribution in [3.8, 4) is 17.2 Å².